The summed E-state index contributed by atoms with van der Waals surface area (Å²) in [4.78, 5) is 40.8. The Morgan fingerprint density at radius 3 is 2.62 bits per heavy atom. The Kier molecular flexibility index (Phi) is 7.07. The number of nitrogens with one attached hydrogen (secondary N) is 2. The van der Waals surface area contributed by atoms with Gasteiger partial charge in [0.1, 0.15) is 0 Å². The summed E-state index contributed by atoms with van der Waals surface area (Å²) in [6.07, 6.45) is 1.84. The Bertz CT molecular complexity index is 1400. The highest BCUT2D eigenvalue weighted by atomic mass is 35.5. The molecule has 2 aliphatic heterocycles. The van der Waals surface area contributed by atoms with Crippen LogP contribution in [0.4, 0.5) is 11.4 Å². The summed E-state index contributed by atoms with van der Waals surface area (Å²) >= 11 is 6.29. The minimum absolute atomic E-state index is 0.0401. The average molecular weight is 519 g/mol. The van der Waals surface area contributed by atoms with Crippen molar-refractivity contribution in [3.63, 3.8) is 0 Å². The predicted octanol–water partition coefficient (Wildman–Crippen LogP) is 4.91. The van der Waals surface area contributed by atoms with Crippen LogP contribution in [0.25, 0.3) is 0 Å². The zero-order chi connectivity index (χ0) is 26.1. The fraction of sp³-hybridized carbons (Fsp3) is 0.345. The van der Waals surface area contributed by atoms with Gasteiger partial charge in [-0.15, -0.1) is 0 Å². The molecular weight excluding hydrogens is 488 g/mol. The summed E-state index contributed by atoms with van der Waals surface area (Å²) in [7, 11) is 0. The van der Waals surface area contributed by atoms with Crippen LogP contribution in [-0.4, -0.2) is 35.5 Å². The zero-order valence-corrected chi connectivity index (χ0v) is 21.8. The van der Waals surface area contributed by atoms with E-state index < -0.39 is 0 Å². The second-order valence-electron chi connectivity index (χ2n) is 10.1. The molecule has 7 nitrogen and oxygen atoms in total. The Morgan fingerprint density at radius 2 is 1.84 bits per heavy atom. The summed E-state index contributed by atoms with van der Waals surface area (Å²) in [5, 5.41) is 6.38. The van der Waals surface area contributed by atoms with Crippen molar-refractivity contribution in [2.45, 2.75) is 45.2 Å². The third-order valence-corrected chi connectivity index (χ3v) is 7.77. The smallest absolute Gasteiger partial charge is 0.257 e. The molecule has 2 aliphatic rings. The second-order valence-corrected chi connectivity index (χ2v) is 10.5. The number of amides is 2. The molecule has 2 N–H and O–H groups in total. The molecule has 0 saturated carbocycles. The number of carbonyl (C=O) groups is 2. The highest BCUT2D eigenvalue weighted by Crippen LogP contribution is 2.39. The van der Waals surface area contributed by atoms with E-state index >= 15 is 0 Å². The van der Waals surface area contributed by atoms with Gasteiger partial charge in [0.15, 0.2) is 0 Å². The van der Waals surface area contributed by atoms with Crippen molar-refractivity contribution in [2.75, 3.05) is 23.3 Å². The number of hydrogen-bond donors (Lipinski definition) is 2. The number of benzene rings is 2. The molecule has 1 fully saturated rings. The molecule has 8 heteroatoms. The van der Waals surface area contributed by atoms with Gasteiger partial charge in [-0.25, -0.2) is 0 Å². The molecule has 0 unspecified atom stereocenters. The summed E-state index contributed by atoms with van der Waals surface area (Å²) in [6, 6.07) is 17.9. The predicted molar refractivity (Wildman–Crippen MR) is 147 cm³/mol. The molecule has 192 valence electrons. The maximum absolute atomic E-state index is 13.2. The molecule has 3 heterocycles. The van der Waals surface area contributed by atoms with Crippen molar-refractivity contribution in [2.24, 2.45) is 5.92 Å². The molecule has 3 aromatic rings. The van der Waals surface area contributed by atoms with Crippen molar-refractivity contribution in [1.82, 2.24) is 9.88 Å². The summed E-state index contributed by atoms with van der Waals surface area (Å²) < 4.78 is 1.90. The molecule has 1 aromatic heterocycles. The van der Waals surface area contributed by atoms with Crippen LogP contribution in [0, 0.1) is 5.92 Å². The molecule has 1 saturated heterocycles. The standard InChI is InChI=1S/C29H31ClN4O3/c1-3-18(2)31-28(36)20-11-12-26(24(14-20)32-29(37)22-7-4-5-8-23(22)30)33-15-19-13-21(17-33)25-9-6-10-27(35)34(25)16-19/h4-12,14,18-19,21H,3,13,15-17H2,1-2H3,(H,31,36)(H,32,37)/t18-,19-,21-/m0/s1. The number of anilines is 2. The van der Waals surface area contributed by atoms with Crippen molar-refractivity contribution in [3.05, 3.63) is 92.9 Å². The van der Waals surface area contributed by atoms with E-state index in [2.05, 4.69) is 15.5 Å². The number of fused-ring (bicyclic) bond motifs is 4. The number of rotatable bonds is 6. The van der Waals surface area contributed by atoms with Gasteiger partial charge in [0.2, 0.25) is 0 Å². The fourth-order valence-corrected chi connectivity index (χ4v) is 5.61. The SMILES string of the molecule is CC[C@H](C)NC(=O)c1ccc(N2C[C@@H]3C[C@@H](C2)c2cccc(=O)n2C3)c(NC(=O)c2ccccc2Cl)c1. The lowest BCUT2D eigenvalue weighted by Gasteiger charge is -2.44. The Morgan fingerprint density at radius 1 is 1.03 bits per heavy atom. The van der Waals surface area contributed by atoms with Crippen LogP contribution in [0.2, 0.25) is 5.02 Å². The minimum atomic E-state index is -0.333. The van der Waals surface area contributed by atoms with Crippen LogP contribution in [-0.2, 0) is 6.54 Å². The first kappa shape index (κ1) is 25.1. The van der Waals surface area contributed by atoms with E-state index in [9.17, 15) is 14.4 Å². The summed E-state index contributed by atoms with van der Waals surface area (Å²) in [5.41, 5.74) is 3.36. The largest absolute Gasteiger partial charge is 0.369 e. The maximum Gasteiger partial charge on any atom is 0.257 e. The van der Waals surface area contributed by atoms with Crippen molar-refractivity contribution >= 4 is 34.8 Å². The molecule has 0 aliphatic carbocycles. The molecule has 0 spiro atoms. The van der Waals surface area contributed by atoms with Crippen LogP contribution in [0.15, 0.2) is 65.5 Å². The van der Waals surface area contributed by atoms with E-state index in [1.165, 1.54) is 0 Å². The minimum Gasteiger partial charge on any atom is -0.369 e. The molecule has 5 rings (SSSR count). The van der Waals surface area contributed by atoms with E-state index in [1.807, 2.05) is 36.6 Å². The summed E-state index contributed by atoms with van der Waals surface area (Å²) in [6.45, 7) is 6.13. The second kappa shape index (κ2) is 10.4. The van der Waals surface area contributed by atoms with Crippen LogP contribution >= 0.6 is 11.6 Å². The lowest BCUT2D eigenvalue weighted by molar-refractivity contribution is 0.0938. The number of piperidine rings is 1. The highest BCUT2D eigenvalue weighted by molar-refractivity contribution is 6.34. The molecule has 37 heavy (non-hydrogen) atoms. The first-order valence-electron chi connectivity index (χ1n) is 12.8. The third-order valence-electron chi connectivity index (χ3n) is 7.44. The lowest BCUT2D eigenvalue weighted by atomic mass is 9.83. The normalized spacial score (nSPS) is 19.1. The number of aromatic nitrogens is 1. The molecule has 0 radical (unpaired) electrons. The monoisotopic (exact) mass is 518 g/mol. The van der Waals surface area contributed by atoms with Gasteiger partial charge in [-0.2, -0.15) is 0 Å². The molecule has 2 aromatic carbocycles. The van der Waals surface area contributed by atoms with E-state index in [0.717, 1.165) is 30.8 Å². The number of carbonyl (C=O) groups excluding carboxylic acids is 2. The van der Waals surface area contributed by atoms with E-state index in [1.54, 1.807) is 42.5 Å². The highest BCUT2D eigenvalue weighted by Gasteiger charge is 2.35. The molecule has 2 amide bonds. The number of halogens is 1. The van der Waals surface area contributed by atoms with Crippen molar-refractivity contribution in [1.29, 1.82) is 0 Å². The first-order valence-corrected chi connectivity index (χ1v) is 13.2. The average Bonchev–Trinajstić information content (AvgIpc) is 2.89. The molecule has 2 bridgehead atoms. The van der Waals surface area contributed by atoms with Gasteiger partial charge in [0, 0.05) is 48.9 Å². The third kappa shape index (κ3) is 5.14. The van der Waals surface area contributed by atoms with Gasteiger partial charge in [-0.3, -0.25) is 14.4 Å². The van der Waals surface area contributed by atoms with Crippen molar-refractivity contribution in [3.8, 4) is 0 Å². The van der Waals surface area contributed by atoms with Crippen LogP contribution < -0.4 is 21.1 Å². The Balaban J connectivity index is 1.49. The Labute approximate surface area is 221 Å². The molecule has 3 atom stereocenters. The van der Waals surface area contributed by atoms with Crippen LogP contribution in [0.5, 0.6) is 0 Å². The number of hydrogen-bond acceptors (Lipinski definition) is 4. The maximum atomic E-state index is 13.2. The van der Waals surface area contributed by atoms with Gasteiger partial charge >= 0.3 is 0 Å². The number of nitrogens with zero attached hydrogens (tertiary/aromatic N) is 2. The van der Waals surface area contributed by atoms with Crippen molar-refractivity contribution < 1.29 is 9.59 Å². The van der Waals surface area contributed by atoms with E-state index in [-0.39, 0.29) is 29.3 Å². The Hall–Kier alpha value is -3.58. The lowest BCUT2D eigenvalue weighted by Crippen LogP contribution is -2.47. The van der Waals surface area contributed by atoms with Gasteiger partial charge in [-0.05, 0) is 62.1 Å². The number of pyridine rings is 1. The van der Waals surface area contributed by atoms with Gasteiger partial charge in [-0.1, -0.05) is 36.7 Å². The van der Waals surface area contributed by atoms with Crippen LogP contribution in [0.3, 0.4) is 0 Å². The molecular formula is C29H31ClN4O3. The van der Waals surface area contributed by atoms with Gasteiger partial charge in [0.25, 0.3) is 17.4 Å². The zero-order valence-electron chi connectivity index (χ0n) is 21.0. The van der Waals surface area contributed by atoms with Gasteiger partial charge in [0.05, 0.1) is 22.0 Å². The van der Waals surface area contributed by atoms with E-state index in [0.29, 0.717) is 40.8 Å². The van der Waals surface area contributed by atoms with Gasteiger partial charge < -0.3 is 20.1 Å². The van der Waals surface area contributed by atoms with Crippen LogP contribution in [0.1, 0.15) is 59.0 Å². The first-order chi connectivity index (χ1) is 17.8. The quantitative estimate of drug-likeness (QED) is 0.486. The fourth-order valence-electron chi connectivity index (χ4n) is 5.39. The van der Waals surface area contributed by atoms with E-state index in [4.69, 9.17) is 11.6 Å². The topological polar surface area (TPSA) is 83.4 Å². The summed E-state index contributed by atoms with van der Waals surface area (Å²) in [5.74, 6) is 0.00661.